The summed E-state index contributed by atoms with van der Waals surface area (Å²) in [7, 11) is 2.23. The Balaban J connectivity index is 1.70. The molecule has 1 heterocycles. The van der Waals surface area contributed by atoms with E-state index in [1.54, 1.807) is 11.1 Å². The maximum absolute atomic E-state index is 3.95. The van der Waals surface area contributed by atoms with Crippen LogP contribution >= 0.6 is 0 Å². The number of benzene rings is 1. The van der Waals surface area contributed by atoms with E-state index in [4.69, 9.17) is 0 Å². The van der Waals surface area contributed by atoms with E-state index in [9.17, 15) is 0 Å². The third-order valence-electron chi connectivity index (χ3n) is 4.77. The summed E-state index contributed by atoms with van der Waals surface area (Å²) >= 11 is 0. The van der Waals surface area contributed by atoms with Gasteiger partial charge in [-0.05, 0) is 63.4 Å². The highest BCUT2D eigenvalue weighted by Gasteiger charge is 2.23. The lowest BCUT2D eigenvalue weighted by Crippen LogP contribution is -2.42. The molecular formula is C17H26N2. The molecule has 1 fully saturated rings. The first kappa shape index (κ1) is 13.1. The SMILES string of the molecule is CN1CCC(NC2CCCCc3ccccc32)CC1. The lowest BCUT2D eigenvalue weighted by molar-refractivity contribution is 0.222. The van der Waals surface area contributed by atoms with Gasteiger partial charge in [0, 0.05) is 12.1 Å². The second kappa shape index (κ2) is 6.06. The standard InChI is InChI=1S/C17H26N2/c1-19-12-10-15(11-13-19)18-17-9-5-3-7-14-6-2-4-8-16(14)17/h2,4,6,8,15,17-18H,3,5,7,9-13H2,1H3. The van der Waals surface area contributed by atoms with Crippen molar-refractivity contribution in [2.45, 2.75) is 50.6 Å². The van der Waals surface area contributed by atoms with Gasteiger partial charge in [0.25, 0.3) is 0 Å². The number of hydrogen-bond acceptors (Lipinski definition) is 2. The predicted octanol–water partition coefficient (Wildman–Crippen LogP) is 3.14. The molecule has 1 aromatic carbocycles. The highest BCUT2D eigenvalue weighted by atomic mass is 15.1. The van der Waals surface area contributed by atoms with Gasteiger partial charge >= 0.3 is 0 Å². The average Bonchev–Trinajstić information content (AvgIpc) is 2.64. The minimum absolute atomic E-state index is 0.590. The van der Waals surface area contributed by atoms with Crippen LogP contribution in [-0.4, -0.2) is 31.1 Å². The molecule has 2 heteroatoms. The van der Waals surface area contributed by atoms with E-state index in [2.05, 4.69) is 41.5 Å². The molecule has 2 aliphatic rings. The molecule has 1 atom stereocenters. The van der Waals surface area contributed by atoms with Crippen LogP contribution in [0.2, 0.25) is 0 Å². The van der Waals surface area contributed by atoms with Crippen molar-refractivity contribution in [3.63, 3.8) is 0 Å². The van der Waals surface area contributed by atoms with Crippen LogP contribution < -0.4 is 5.32 Å². The zero-order valence-corrected chi connectivity index (χ0v) is 12.1. The lowest BCUT2D eigenvalue weighted by atomic mass is 9.96. The number of rotatable bonds is 2. The highest BCUT2D eigenvalue weighted by molar-refractivity contribution is 5.31. The van der Waals surface area contributed by atoms with Crippen LogP contribution in [0.4, 0.5) is 0 Å². The fourth-order valence-electron chi connectivity index (χ4n) is 3.55. The quantitative estimate of drug-likeness (QED) is 0.820. The summed E-state index contributed by atoms with van der Waals surface area (Å²) < 4.78 is 0. The third kappa shape index (κ3) is 3.18. The Labute approximate surface area is 117 Å². The Morgan fingerprint density at radius 2 is 1.84 bits per heavy atom. The number of aryl methyl sites for hydroxylation is 1. The van der Waals surface area contributed by atoms with Gasteiger partial charge in [-0.1, -0.05) is 30.7 Å². The van der Waals surface area contributed by atoms with Gasteiger partial charge in [0.05, 0.1) is 0 Å². The van der Waals surface area contributed by atoms with E-state index in [1.807, 2.05) is 0 Å². The second-order valence-corrected chi connectivity index (χ2v) is 6.24. The van der Waals surface area contributed by atoms with Crippen molar-refractivity contribution >= 4 is 0 Å². The van der Waals surface area contributed by atoms with E-state index in [-0.39, 0.29) is 0 Å². The monoisotopic (exact) mass is 258 g/mol. The van der Waals surface area contributed by atoms with Crippen molar-refractivity contribution in [2.75, 3.05) is 20.1 Å². The predicted molar refractivity (Wildman–Crippen MR) is 80.4 cm³/mol. The Bertz CT molecular complexity index is 407. The smallest absolute Gasteiger partial charge is 0.0325 e. The van der Waals surface area contributed by atoms with Gasteiger partial charge in [0.1, 0.15) is 0 Å². The van der Waals surface area contributed by atoms with Crippen LogP contribution in [0.3, 0.4) is 0 Å². The summed E-state index contributed by atoms with van der Waals surface area (Å²) in [6.45, 7) is 2.48. The summed E-state index contributed by atoms with van der Waals surface area (Å²) in [5, 5.41) is 3.95. The van der Waals surface area contributed by atoms with Gasteiger partial charge in [-0.15, -0.1) is 0 Å². The minimum atomic E-state index is 0.590. The van der Waals surface area contributed by atoms with Crippen LogP contribution in [0, 0.1) is 0 Å². The van der Waals surface area contributed by atoms with Crippen molar-refractivity contribution in [2.24, 2.45) is 0 Å². The van der Waals surface area contributed by atoms with E-state index in [0.29, 0.717) is 12.1 Å². The molecule has 1 unspecified atom stereocenters. The number of fused-ring (bicyclic) bond motifs is 1. The molecule has 0 spiro atoms. The minimum Gasteiger partial charge on any atom is -0.307 e. The largest absolute Gasteiger partial charge is 0.307 e. The second-order valence-electron chi connectivity index (χ2n) is 6.24. The summed E-state index contributed by atoms with van der Waals surface area (Å²) in [5.41, 5.74) is 3.14. The van der Waals surface area contributed by atoms with Gasteiger partial charge in [-0.3, -0.25) is 0 Å². The first-order chi connectivity index (χ1) is 9.33. The van der Waals surface area contributed by atoms with Crippen molar-refractivity contribution in [3.8, 4) is 0 Å². The van der Waals surface area contributed by atoms with Crippen molar-refractivity contribution in [1.82, 2.24) is 10.2 Å². The van der Waals surface area contributed by atoms with Gasteiger partial charge in [0.2, 0.25) is 0 Å². The molecule has 2 nitrogen and oxygen atoms in total. The molecule has 1 aromatic rings. The fourth-order valence-corrected chi connectivity index (χ4v) is 3.55. The van der Waals surface area contributed by atoms with Gasteiger partial charge in [-0.25, -0.2) is 0 Å². The molecule has 1 aliphatic heterocycles. The normalized spacial score (nSPS) is 25.8. The number of hydrogen-bond donors (Lipinski definition) is 1. The van der Waals surface area contributed by atoms with Crippen LogP contribution in [-0.2, 0) is 6.42 Å². The molecule has 1 N–H and O–H groups in total. The molecule has 0 aromatic heterocycles. The number of likely N-dealkylation sites (tertiary alicyclic amines) is 1. The Hall–Kier alpha value is -0.860. The molecule has 19 heavy (non-hydrogen) atoms. The molecule has 1 aliphatic carbocycles. The number of nitrogens with one attached hydrogen (secondary N) is 1. The fraction of sp³-hybridized carbons (Fsp3) is 0.647. The molecule has 104 valence electrons. The Morgan fingerprint density at radius 1 is 1.05 bits per heavy atom. The molecule has 0 radical (unpaired) electrons. The summed E-state index contributed by atoms with van der Waals surface area (Å²) in [5.74, 6) is 0. The van der Waals surface area contributed by atoms with Gasteiger partial charge in [-0.2, -0.15) is 0 Å². The number of nitrogens with zero attached hydrogens (tertiary/aromatic N) is 1. The summed E-state index contributed by atoms with van der Waals surface area (Å²) in [6.07, 6.45) is 7.89. The maximum Gasteiger partial charge on any atom is 0.0325 e. The first-order valence-corrected chi connectivity index (χ1v) is 7.85. The summed E-state index contributed by atoms with van der Waals surface area (Å²) in [4.78, 5) is 2.44. The Kier molecular flexibility index (Phi) is 4.19. The van der Waals surface area contributed by atoms with Crippen LogP contribution in [0.1, 0.15) is 49.3 Å². The van der Waals surface area contributed by atoms with E-state index >= 15 is 0 Å². The van der Waals surface area contributed by atoms with E-state index < -0.39 is 0 Å². The van der Waals surface area contributed by atoms with Crippen molar-refractivity contribution < 1.29 is 0 Å². The molecule has 3 rings (SSSR count). The first-order valence-electron chi connectivity index (χ1n) is 7.85. The number of piperidine rings is 1. The lowest BCUT2D eigenvalue weighted by Gasteiger charge is -2.33. The van der Waals surface area contributed by atoms with Crippen LogP contribution in [0.5, 0.6) is 0 Å². The van der Waals surface area contributed by atoms with E-state index in [1.165, 1.54) is 51.6 Å². The molecular weight excluding hydrogens is 232 g/mol. The van der Waals surface area contributed by atoms with Crippen LogP contribution in [0.25, 0.3) is 0 Å². The topological polar surface area (TPSA) is 15.3 Å². The molecule has 0 saturated carbocycles. The summed E-state index contributed by atoms with van der Waals surface area (Å²) in [6, 6.07) is 10.4. The Morgan fingerprint density at radius 3 is 2.68 bits per heavy atom. The van der Waals surface area contributed by atoms with Crippen LogP contribution in [0.15, 0.2) is 24.3 Å². The van der Waals surface area contributed by atoms with Gasteiger partial charge in [0.15, 0.2) is 0 Å². The average molecular weight is 258 g/mol. The third-order valence-corrected chi connectivity index (χ3v) is 4.77. The van der Waals surface area contributed by atoms with Crippen molar-refractivity contribution in [1.29, 1.82) is 0 Å². The van der Waals surface area contributed by atoms with Crippen molar-refractivity contribution in [3.05, 3.63) is 35.4 Å². The molecule has 0 amide bonds. The molecule has 1 saturated heterocycles. The van der Waals surface area contributed by atoms with Gasteiger partial charge < -0.3 is 10.2 Å². The molecule has 0 bridgehead atoms. The zero-order valence-electron chi connectivity index (χ0n) is 12.1. The highest BCUT2D eigenvalue weighted by Crippen LogP contribution is 2.29. The van der Waals surface area contributed by atoms with E-state index in [0.717, 1.165) is 0 Å². The zero-order chi connectivity index (χ0) is 13.1. The maximum atomic E-state index is 3.95.